The monoisotopic (exact) mass is 317 g/mol. The van der Waals surface area contributed by atoms with Crippen molar-refractivity contribution in [2.75, 3.05) is 13.2 Å². The van der Waals surface area contributed by atoms with Gasteiger partial charge in [0.05, 0.1) is 8.66 Å². The molecule has 1 N–H and O–H groups in total. The van der Waals surface area contributed by atoms with Crippen LogP contribution in [0.1, 0.15) is 35.4 Å². The van der Waals surface area contributed by atoms with Crippen molar-refractivity contribution in [3.63, 3.8) is 0 Å². The molecule has 0 saturated carbocycles. The van der Waals surface area contributed by atoms with Crippen molar-refractivity contribution >= 4 is 33.2 Å². The number of carbonyl (C=O) groups is 1. The lowest BCUT2D eigenvalue weighted by atomic mass is 10.1. The Labute approximate surface area is 114 Å². The molecule has 1 aromatic rings. The SMILES string of the molecule is O=C(c1ccc(Br)s1)N1CCCC1CCCO. The molecule has 5 heteroatoms. The van der Waals surface area contributed by atoms with Crippen LogP contribution in [0.5, 0.6) is 0 Å². The summed E-state index contributed by atoms with van der Waals surface area (Å²) in [6, 6.07) is 4.10. The molecule has 0 bridgehead atoms. The molecule has 17 heavy (non-hydrogen) atoms. The molecule has 1 unspecified atom stereocenters. The second-order valence-electron chi connectivity index (χ2n) is 4.26. The Balaban J connectivity index is 2.03. The molecular weight excluding hydrogens is 302 g/mol. The van der Waals surface area contributed by atoms with Gasteiger partial charge >= 0.3 is 0 Å². The summed E-state index contributed by atoms with van der Waals surface area (Å²) in [6.45, 7) is 1.06. The number of hydrogen-bond donors (Lipinski definition) is 1. The number of aliphatic hydroxyl groups excluding tert-OH is 1. The molecule has 3 nitrogen and oxygen atoms in total. The minimum atomic E-state index is 0.140. The predicted octanol–water partition coefficient (Wildman–Crippen LogP) is 2.89. The Bertz CT molecular complexity index is 394. The van der Waals surface area contributed by atoms with Crippen molar-refractivity contribution in [1.29, 1.82) is 0 Å². The van der Waals surface area contributed by atoms with Crippen molar-refractivity contribution in [3.05, 3.63) is 20.8 Å². The minimum absolute atomic E-state index is 0.140. The average Bonchev–Trinajstić information content (AvgIpc) is 2.94. The topological polar surface area (TPSA) is 40.5 Å². The summed E-state index contributed by atoms with van der Waals surface area (Å²) in [7, 11) is 0. The third-order valence-corrected chi connectivity index (χ3v) is 4.73. The fourth-order valence-electron chi connectivity index (χ4n) is 2.30. The summed E-state index contributed by atoms with van der Waals surface area (Å²) in [5.74, 6) is 0.140. The number of halogens is 1. The third-order valence-electron chi connectivity index (χ3n) is 3.12. The largest absolute Gasteiger partial charge is 0.396 e. The predicted molar refractivity (Wildman–Crippen MR) is 72.4 cm³/mol. The van der Waals surface area contributed by atoms with Crippen LogP contribution >= 0.6 is 27.3 Å². The molecule has 1 fully saturated rings. The molecule has 1 aromatic heterocycles. The van der Waals surface area contributed by atoms with E-state index >= 15 is 0 Å². The van der Waals surface area contributed by atoms with E-state index in [0.29, 0.717) is 6.04 Å². The van der Waals surface area contributed by atoms with Crippen LogP contribution in [-0.4, -0.2) is 35.1 Å². The Morgan fingerprint density at radius 3 is 3.06 bits per heavy atom. The first kappa shape index (κ1) is 13.1. The first-order valence-electron chi connectivity index (χ1n) is 5.89. The van der Waals surface area contributed by atoms with Crippen molar-refractivity contribution < 1.29 is 9.90 Å². The normalized spacial score (nSPS) is 19.9. The number of carbonyl (C=O) groups excluding carboxylic acids is 1. The van der Waals surface area contributed by atoms with E-state index in [2.05, 4.69) is 15.9 Å². The van der Waals surface area contributed by atoms with E-state index < -0.39 is 0 Å². The van der Waals surface area contributed by atoms with Crippen LogP contribution in [0.25, 0.3) is 0 Å². The first-order valence-corrected chi connectivity index (χ1v) is 7.50. The molecule has 0 aromatic carbocycles. The molecular formula is C12H16BrNO2S. The lowest BCUT2D eigenvalue weighted by Gasteiger charge is -2.23. The molecule has 94 valence electrons. The van der Waals surface area contributed by atoms with Crippen LogP contribution in [-0.2, 0) is 0 Å². The highest BCUT2D eigenvalue weighted by Gasteiger charge is 2.29. The number of thiophene rings is 1. The van der Waals surface area contributed by atoms with Gasteiger partial charge < -0.3 is 10.0 Å². The summed E-state index contributed by atoms with van der Waals surface area (Å²) in [5.41, 5.74) is 0. The van der Waals surface area contributed by atoms with Crippen LogP contribution < -0.4 is 0 Å². The summed E-state index contributed by atoms with van der Waals surface area (Å²) in [5, 5.41) is 8.86. The quantitative estimate of drug-likeness (QED) is 0.927. The summed E-state index contributed by atoms with van der Waals surface area (Å²) < 4.78 is 0.993. The van der Waals surface area contributed by atoms with E-state index in [1.54, 1.807) is 0 Å². The smallest absolute Gasteiger partial charge is 0.264 e. The molecule has 2 rings (SSSR count). The van der Waals surface area contributed by atoms with Crippen molar-refractivity contribution in [2.24, 2.45) is 0 Å². The van der Waals surface area contributed by atoms with Gasteiger partial charge in [-0.15, -0.1) is 11.3 Å². The lowest BCUT2D eigenvalue weighted by molar-refractivity contribution is 0.0729. The van der Waals surface area contributed by atoms with Gasteiger partial charge in [0.1, 0.15) is 0 Å². The summed E-state index contributed by atoms with van der Waals surface area (Å²) in [4.78, 5) is 15.1. The van der Waals surface area contributed by atoms with Crippen molar-refractivity contribution in [1.82, 2.24) is 4.90 Å². The van der Waals surface area contributed by atoms with Gasteiger partial charge in [0.25, 0.3) is 5.91 Å². The van der Waals surface area contributed by atoms with E-state index in [1.165, 1.54) is 11.3 Å². The van der Waals surface area contributed by atoms with Gasteiger partial charge in [-0.2, -0.15) is 0 Å². The van der Waals surface area contributed by atoms with Gasteiger partial charge in [0, 0.05) is 19.2 Å². The Morgan fingerprint density at radius 1 is 1.59 bits per heavy atom. The molecule has 2 heterocycles. The second-order valence-corrected chi connectivity index (χ2v) is 6.73. The van der Waals surface area contributed by atoms with Crippen LogP contribution in [0.15, 0.2) is 15.9 Å². The fraction of sp³-hybridized carbons (Fsp3) is 0.583. The number of aliphatic hydroxyl groups is 1. The Kier molecular flexibility index (Phi) is 4.59. The fourth-order valence-corrected chi connectivity index (χ4v) is 3.64. The van der Waals surface area contributed by atoms with Gasteiger partial charge in [0.2, 0.25) is 0 Å². The van der Waals surface area contributed by atoms with Gasteiger partial charge in [-0.1, -0.05) is 0 Å². The van der Waals surface area contributed by atoms with Gasteiger partial charge in [-0.25, -0.2) is 0 Å². The van der Waals surface area contributed by atoms with Crippen LogP contribution in [0.2, 0.25) is 0 Å². The highest BCUT2D eigenvalue weighted by atomic mass is 79.9. The molecule has 1 atom stereocenters. The first-order chi connectivity index (χ1) is 8.22. The highest BCUT2D eigenvalue weighted by molar-refractivity contribution is 9.11. The van der Waals surface area contributed by atoms with Crippen LogP contribution in [0.3, 0.4) is 0 Å². The van der Waals surface area contributed by atoms with E-state index in [1.807, 2.05) is 17.0 Å². The molecule has 1 aliphatic rings. The van der Waals surface area contributed by atoms with Gasteiger partial charge in [-0.3, -0.25) is 4.79 Å². The molecule has 1 saturated heterocycles. The minimum Gasteiger partial charge on any atom is -0.396 e. The van der Waals surface area contributed by atoms with Crippen molar-refractivity contribution in [3.8, 4) is 0 Å². The van der Waals surface area contributed by atoms with Crippen LogP contribution in [0, 0.1) is 0 Å². The molecule has 0 aliphatic carbocycles. The zero-order valence-electron chi connectivity index (χ0n) is 9.56. The van der Waals surface area contributed by atoms with Gasteiger partial charge in [0.15, 0.2) is 0 Å². The van der Waals surface area contributed by atoms with E-state index in [9.17, 15) is 4.79 Å². The number of amides is 1. The molecule has 0 spiro atoms. The van der Waals surface area contributed by atoms with Crippen molar-refractivity contribution in [2.45, 2.75) is 31.7 Å². The maximum atomic E-state index is 12.3. The summed E-state index contributed by atoms with van der Waals surface area (Å²) in [6.07, 6.45) is 3.84. The van der Waals surface area contributed by atoms with E-state index in [4.69, 9.17) is 5.11 Å². The highest BCUT2D eigenvalue weighted by Crippen LogP contribution is 2.28. The zero-order chi connectivity index (χ0) is 12.3. The van der Waals surface area contributed by atoms with E-state index in [-0.39, 0.29) is 12.5 Å². The number of hydrogen-bond acceptors (Lipinski definition) is 3. The number of nitrogens with zero attached hydrogens (tertiary/aromatic N) is 1. The molecule has 1 amide bonds. The molecule has 1 aliphatic heterocycles. The molecule has 0 radical (unpaired) electrons. The maximum absolute atomic E-state index is 12.3. The third kappa shape index (κ3) is 3.09. The number of likely N-dealkylation sites (tertiary alicyclic amines) is 1. The maximum Gasteiger partial charge on any atom is 0.264 e. The van der Waals surface area contributed by atoms with Gasteiger partial charge in [-0.05, 0) is 53.7 Å². The van der Waals surface area contributed by atoms with Crippen LogP contribution in [0.4, 0.5) is 0 Å². The average molecular weight is 318 g/mol. The summed E-state index contributed by atoms with van der Waals surface area (Å²) >= 11 is 4.87. The lowest BCUT2D eigenvalue weighted by Crippen LogP contribution is -2.35. The number of rotatable bonds is 4. The second kappa shape index (κ2) is 5.98. The van der Waals surface area contributed by atoms with E-state index in [0.717, 1.165) is 40.9 Å². The Hall–Kier alpha value is -0.390. The zero-order valence-corrected chi connectivity index (χ0v) is 12.0. The standard InChI is InChI=1S/C12H16BrNO2S/c13-11-6-5-10(17-11)12(16)14-7-1-3-9(14)4-2-8-15/h5-6,9,15H,1-4,7-8H2. The Morgan fingerprint density at radius 2 is 2.41 bits per heavy atom.